The molecule has 1 aliphatic heterocycles. The lowest BCUT2D eigenvalue weighted by Gasteiger charge is -2.34. The van der Waals surface area contributed by atoms with Crippen molar-refractivity contribution >= 4 is 11.9 Å². The molecule has 2 unspecified atom stereocenters. The summed E-state index contributed by atoms with van der Waals surface area (Å²) in [4.78, 5) is 26.1. The van der Waals surface area contributed by atoms with Gasteiger partial charge in [-0.2, -0.15) is 0 Å². The number of likely N-dealkylation sites (tertiary alicyclic amines) is 1. The second-order valence-corrected chi connectivity index (χ2v) is 7.33. The monoisotopic (exact) mass is 389 g/mol. The van der Waals surface area contributed by atoms with Crippen LogP contribution in [-0.4, -0.2) is 36.5 Å². The van der Waals surface area contributed by atoms with Crippen molar-refractivity contribution in [1.82, 2.24) is 4.90 Å². The van der Waals surface area contributed by atoms with E-state index in [0.717, 1.165) is 6.42 Å². The number of benzene rings is 1. The first-order chi connectivity index (χ1) is 13.4. The van der Waals surface area contributed by atoms with E-state index in [0.29, 0.717) is 36.4 Å². The van der Waals surface area contributed by atoms with Gasteiger partial charge < -0.3 is 18.8 Å². The Hall–Kier alpha value is -2.83. The van der Waals surface area contributed by atoms with Crippen LogP contribution in [-0.2, 0) is 16.1 Å². The van der Waals surface area contributed by atoms with Gasteiger partial charge in [-0.25, -0.2) is 9.18 Å². The molecule has 1 aromatic carbocycles. The van der Waals surface area contributed by atoms with E-state index in [2.05, 4.69) is 13.8 Å². The van der Waals surface area contributed by atoms with Crippen molar-refractivity contribution in [3.63, 3.8) is 0 Å². The third-order valence-electron chi connectivity index (χ3n) is 4.61. The summed E-state index contributed by atoms with van der Waals surface area (Å²) in [6.07, 6.45) is 1.10. The third-order valence-corrected chi connectivity index (χ3v) is 4.61. The standard InChI is InChI=1S/C21H24FNO5/c1-14-9-15(2)11-23(10-14)20(24)13-27-21(25)19-8-7-18(28-19)12-26-17-5-3-16(22)4-6-17/h3-8,14-15H,9-13H2,1-2H3. The van der Waals surface area contributed by atoms with E-state index in [1.165, 1.54) is 30.3 Å². The third kappa shape index (κ3) is 5.34. The Bertz CT molecular complexity index is 806. The lowest BCUT2D eigenvalue weighted by Crippen LogP contribution is -2.44. The van der Waals surface area contributed by atoms with Gasteiger partial charge in [-0.05, 0) is 54.7 Å². The van der Waals surface area contributed by atoms with Crippen LogP contribution < -0.4 is 4.74 Å². The van der Waals surface area contributed by atoms with Gasteiger partial charge >= 0.3 is 5.97 Å². The zero-order valence-corrected chi connectivity index (χ0v) is 16.0. The van der Waals surface area contributed by atoms with E-state index in [1.54, 1.807) is 11.0 Å². The number of amides is 1. The molecule has 2 atom stereocenters. The molecule has 7 heteroatoms. The summed E-state index contributed by atoms with van der Waals surface area (Å²) in [6, 6.07) is 8.65. The molecule has 150 valence electrons. The number of piperidine rings is 1. The quantitative estimate of drug-likeness (QED) is 0.706. The zero-order valence-electron chi connectivity index (χ0n) is 16.0. The predicted octanol–water partition coefficient (Wildman–Crippen LogP) is 3.66. The highest BCUT2D eigenvalue weighted by Gasteiger charge is 2.26. The fraction of sp³-hybridized carbons (Fsp3) is 0.429. The SMILES string of the molecule is CC1CC(C)CN(C(=O)COC(=O)c2ccc(COc3ccc(F)cc3)o2)C1. The average Bonchev–Trinajstić information content (AvgIpc) is 3.14. The molecule has 0 radical (unpaired) electrons. The fourth-order valence-electron chi connectivity index (χ4n) is 3.41. The van der Waals surface area contributed by atoms with E-state index in [1.807, 2.05) is 0 Å². The number of carbonyl (C=O) groups is 2. The second kappa shape index (κ2) is 8.91. The molecule has 0 spiro atoms. The van der Waals surface area contributed by atoms with E-state index in [9.17, 15) is 14.0 Å². The van der Waals surface area contributed by atoms with Gasteiger partial charge in [0.15, 0.2) is 6.61 Å². The van der Waals surface area contributed by atoms with Gasteiger partial charge in [-0.15, -0.1) is 0 Å². The topological polar surface area (TPSA) is 69.0 Å². The second-order valence-electron chi connectivity index (χ2n) is 7.33. The van der Waals surface area contributed by atoms with Crippen LogP contribution in [0.5, 0.6) is 5.75 Å². The van der Waals surface area contributed by atoms with Gasteiger partial charge in [-0.3, -0.25) is 4.79 Å². The summed E-state index contributed by atoms with van der Waals surface area (Å²) in [5, 5.41) is 0. The van der Waals surface area contributed by atoms with E-state index in [4.69, 9.17) is 13.9 Å². The molecular weight excluding hydrogens is 365 g/mol. The van der Waals surface area contributed by atoms with Crippen molar-refractivity contribution in [3.8, 4) is 5.75 Å². The lowest BCUT2D eigenvalue weighted by atomic mass is 9.92. The van der Waals surface area contributed by atoms with Gasteiger partial charge in [0.05, 0.1) is 0 Å². The number of nitrogens with zero attached hydrogens (tertiary/aromatic N) is 1. The average molecular weight is 389 g/mol. The molecule has 0 aliphatic carbocycles. The van der Waals surface area contributed by atoms with Crippen LogP contribution in [0.4, 0.5) is 4.39 Å². The number of furan rings is 1. The summed E-state index contributed by atoms with van der Waals surface area (Å²) >= 11 is 0. The number of carbonyl (C=O) groups excluding carboxylic acids is 2. The summed E-state index contributed by atoms with van der Waals surface area (Å²) in [5.74, 6) is 0.551. The van der Waals surface area contributed by atoms with Gasteiger partial charge in [0, 0.05) is 13.1 Å². The molecule has 0 saturated carbocycles. The summed E-state index contributed by atoms with van der Waals surface area (Å²) in [5.41, 5.74) is 0. The van der Waals surface area contributed by atoms with Crippen LogP contribution in [0.3, 0.4) is 0 Å². The van der Waals surface area contributed by atoms with E-state index in [-0.39, 0.29) is 30.7 Å². The number of hydrogen-bond donors (Lipinski definition) is 0. The molecule has 1 fully saturated rings. The molecule has 28 heavy (non-hydrogen) atoms. The highest BCUT2D eigenvalue weighted by Crippen LogP contribution is 2.21. The number of hydrogen-bond acceptors (Lipinski definition) is 5. The van der Waals surface area contributed by atoms with Crippen molar-refractivity contribution < 1.29 is 27.9 Å². The van der Waals surface area contributed by atoms with Crippen LogP contribution in [0.2, 0.25) is 0 Å². The lowest BCUT2D eigenvalue weighted by molar-refractivity contribution is -0.137. The van der Waals surface area contributed by atoms with Crippen LogP contribution in [0.25, 0.3) is 0 Å². The van der Waals surface area contributed by atoms with Crippen molar-refractivity contribution in [2.45, 2.75) is 26.9 Å². The molecule has 0 bridgehead atoms. The van der Waals surface area contributed by atoms with Crippen LogP contribution >= 0.6 is 0 Å². The zero-order chi connectivity index (χ0) is 20.1. The largest absolute Gasteiger partial charge is 0.486 e. The Labute approximate surface area is 163 Å². The van der Waals surface area contributed by atoms with Crippen molar-refractivity contribution in [3.05, 3.63) is 53.7 Å². The first kappa shape index (κ1) is 19.9. The summed E-state index contributed by atoms with van der Waals surface area (Å²) in [7, 11) is 0. The van der Waals surface area contributed by atoms with Crippen molar-refractivity contribution in [2.24, 2.45) is 11.8 Å². The highest BCUT2D eigenvalue weighted by molar-refractivity contribution is 5.88. The number of ether oxygens (including phenoxy) is 2. The van der Waals surface area contributed by atoms with Crippen LogP contribution in [0.15, 0.2) is 40.8 Å². The molecule has 1 saturated heterocycles. The van der Waals surface area contributed by atoms with Gasteiger partial charge in [-0.1, -0.05) is 13.8 Å². The molecule has 2 aromatic rings. The summed E-state index contributed by atoms with van der Waals surface area (Å²) in [6.45, 7) is 5.38. The molecule has 3 rings (SSSR count). The minimum absolute atomic E-state index is 0.00545. The number of esters is 1. The number of rotatable bonds is 6. The predicted molar refractivity (Wildman–Crippen MR) is 99.2 cm³/mol. The Morgan fingerprint density at radius 1 is 1.11 bits per heavy atom. The molecule has 1 aliphatic rings. The van der Waals surface area contributed by atoms with Crippen molar-refractivity contribution in [1.29, 1.82) is 0 Å². The molecular formula is C21H24FNO5. The molecule has 6 nitrogen and oxygen atoms in total. The minimum Gasteiger partial charge on any atom is -0.486 e. The Morgan fingerprint density at radius 3 is 2.46 bits per heavy atom. The van der Waals surface area contributed by atoms with Crippen molar-refractivity contribution in [2.75, 3.05) is 19.7 Å². The molecule has 1 aromatic heterocycles. The first-order valence-corrected chi connectivity index (χ1v) is 9.32. The normalized spacial score (nSPS) is 19.3. The molecule has 2 heterocycles. The van der Waals surface area contributed by atoms with Gasteiger partial charge in [0.25, 0.3) is 5.91 Å². The van der Waals surface area contributed by atoms with Gasteiger partial charge in [0.2, 0.25) is 5.76 Å². The highest BCUT2D eigenvalue weighted by atomic mass is 19.1. The van der Waals surface area contributed by atoms with E-state index < -0.39 is 5.97 Å². The summed E-state index contributed by atoms with van der Waals surface area (Å²) < 4.78 is 28.8. The van der Waals surface area contributed by atoms with Crippen LogP contribution in [0.1, 0.15) is 36.6 Å². The first-order valence-electron chi connectivity index (χ1n) is 9.32. The Kier molecular flexibility index (Phi) is 6.34. The smallest absolute Gasteiger partial charge is 0.374 e. The molecule has 1 amide bonds. The minimum atomic E-state index is -0.695. The maximum atomic E-state index is 12.9. The molecule has 0 N–H and O–H groups in total. The maximum Gasteiger partial charge on any atom is 0.374 e. The Balaban J connectivity index is 1.47. The van der Waals surface area contributed by atoms with Gasteiger partial charge in [0.1, 0.15) is 23.9 Å². The number of halogens is 1. The Morgan fingerprint density at radius 2 is 1.79 bits per heavy atom. The maximum absolute atomic E-state index is 12.9. The van der Waals surface area contributed by atoms with E-state index >= 15 is 0 Å². The fourth-order valence-corrected chi connectivity index (χ4v) is 3.41. The van der Waals surface area contributed by atoms with Crippen LogP contribution in [0, 0.1) is 17.7 Å².